The first kappa shape index (κ1) is 20.4. The van der Waals surface area contributed by atoms with E-state index in [4.69, 9.17) is 4.74 Å². The number of aromatic nitrogens is 1. The minimum Gasteiger partial charge on any atom is -0.378 e. The summed E-state index contributed by atoms with van der Waals surface area (Å²) >= 11 is 0. The summed E-state index contributed by atoms with van der Waals surface area (Å²) in [6.07, 6.45) is 1.57. The molecule has 8 heteroatoms. The van der Waals surface area contributed by atoms with Crippen molar-refractivity contribution in [2.24, 2.45) is 0 Å². The monoisotopic (exact) mass is 417 g/mol. The summed E-state index contributed by atoms with van der Waals surface area (Å²) in [5.41, 5.74) is 2.28. The molecule has 31 heavy (non-hydrogen) atoms. The van der Waals surface area contributed by atoms with Crippen molar-refractivity contribution in [3.63, 3.8) is 0 Å². The molecule has 1 aromatic heterocycles. The average Bonchev–Trinajstić information content (AvgIpc) is 2.80. The maximum Gasteiger partial charge on any atom is 0.323 e. The number of urea groups is 1. The van der Waals surface area contributed by atoms with Crippen molar-refractivity contribution >= 4 is 34.8 Å². The molecule has 8 nitrogen and oxygen atoms in total. The van der Waals surface area contributed by atoms with Crippen LogP contribution in [0.15, 0.2) is 72.9 Å². The Kier molecular flexibility index (Phi) is 6.39. The van der Waals surface area contributed by atoms with E-state index >= 15 is 0 Å². The highest BCUT2D eigenvalue weighted by Crippen LogP contribution is 2.18. The lowest BCUT2D eigenvalue weighted by atomic mass is 10.2. The molecule has 3 N–H and O–H groups in total. The van der Waals surface area contributed by atoms with Crippen LogP contribution in [-0.2, 0) is 4.74 Å². The fourth-order valence-corrected chi connectivity index (χ4v) is 3.19. The topological polar surface area (TPSA) is 95.6 Å². The normalized spacial score (nSPS) is 13.4. The standard InChI is InChI=1S/C23H23N5O3/c29-22(17-9-10-21(24-16-17)28-11-13-31-14-12-28)25-19-7-4-8-20(15-19)27-23(30)26-18-5-2-1-3-6-18/h1-10,15-16H,11-14H2,(H,25,29)(H2,26,27,30). The molecule has 0 unspecified atom stereocenters. The SMILES string of the molecule is O=C(Nc1ccccc1)Nc1cccc(NC(=O)c2ccc(N3CCOCC3)nc2)c1. The maximum absolute atomic E-state index is 12.6. The van der Waals surface area contributed by atoms with Gasteiger partial charge in [-0.2, -0.15) is 0 Å². The Labute approximate surface area is 180 Å². The van der Waals surface area contributed by atoms with Crippen molar-refractivity contribution in [3.05, 3.63) is 78.5 Å². The maximum atomic E-state index is 12.6. The number of nitrogens with one attached hydrogen (secondary N) is 3. The number of carbonyl (C=O) groups excluding carboxylic acids is 2. The quantitative estimate of drug-likeness (QED) is 0.587. The molecule has 0 saturated carbocycles. The Hall–Kier alpha value is -3.91. The highest BCUT2D eigenvalue weighted by Gasteiger charge is 2.14. The van der Waals surface area contributed by atoms with E-state index in [-0.39, 0.29) is 11.9 Å². The summed E-state index contributed by atoms with van der Waals surface area (Å²) < 4.78 is 5.35. The van der Waals surface area contributed by atoms with Gasteiger partial charge in [-0.25, -0.2) is 9.78 Å². The fraction of sp³-hybridized carbons (Fsp3) is 0.174. The Morgan fingerprint density at radius 2 is 1.48 bits per heavy atom. The van der Waals surface area contributed by atoms with Crippen LogP contribution in [0.5, 0.6) is 0 Å². The molecule has 1 fully saturated rings. The van der Waals surface area contributed by atoms with E-state index in [0.29, 0.717) is 35.8 Å². The van der Waals surface area contributed by atoms with E-state index in [0.717, 1.165) is 18.9 Å². The minimum atomic E-state index is -0.363. The fourth-order valence-electron chi connectivity index (χ4n) is 3.19. The van der Waals surface area contributed by atoms with E-state index in [1.54, 1.807) is 48.7 Å². The first-order chi connectivity index (χ1) is 15.2. The van der Waals surface area contributed by atoms with Crippen LogP contribution in [-0.4, -0.2) is 43.2 Å². The Morgan fingerprint density at radius 3 is 2.19 bits per heavy atom. The van der Waals surface area contributed by atoms with Crippen molar-refractivity contribution in [2.75, 3.05) is 47.2 Å². The molecule has 3 amide bonds. The zero-order chi connectivity index (χ0) is 21.5. The molecule has 1 aliphatic rings. The number of amides is 3. The molecular weight excluding hydrogens is 394 g/mol. The number of pyridine rings is 1. The first-order valence-corrected chi connectivity index (χ1v) is 10.0. The van der Waals surface area contributed by atoms with Crippen LogP contribution < -0.4 is 20.9 Å². The zero-order valence-corrected chi connectivity index (χ0v) is 16.9. The highest BCUT2D eigenvalue weighted by molar-refractivity contribution is 6.05. The van der Waals surface area contributed by atoms with Gasteiger partial charge in [-0.3, -0.25) is 4.79 Å². The second-order valence-electron chi connectivity index (χ2n) is 6.98. The summed E-state index contributed by atoms with van der Waals surface area (Å²) in [6, 6.07) is 19.3. The van der Waals surface area contributed by atoms with Gasteiger partial charge in [0.1, 0.15) is 5.82 Å². The number of rotatable bonds is 5. The zero-order valence-electron chi connectivity index (χ0n) is 16.9. The minimum absolute atomic E-state index is 0.271. The van der Waals surface area contributed by atoms with Crippen LogP contribution in [0.4, 0.5) is 27.7 Å². The number of ether oxygens (including phenoxy) is 1. The molecule has 158 valence electrons. The summed E-state index contributed by atoms with van der Waals surface area (Å²) in [5, 5.41) is 8.35. The van der Waals surface area contributed by atoms with Crippen LogP contribution in [0.3, 0.4) is 0 Å². The number of carbonyl (C=O) groups is 2. The molecule has 0 spiro atoms. The van der Waals surface area contributed by atoms with Crippen molar-refractivity contribution in [3.8, 4) is 0 Å². The average molecular weight is 417 g/mol. The molecule has 3 aromatic rings. The van der Waals surface area contributed by atoms with Gasteiger partial charge in [0.05, 0.1) is 18.8 Å². The lowest BCUT2D eigenvalue weighted by molar-refractivity contribution is 0.102. The lowest BCUT2D eigenvalue weighted by Gasteiger charge is -2.27. The molecule has 2 aromatic carbocycles. The molecule has 1 saturated heterocycles. The number of anilines is 4. The second-order valence-corrected chi connectivity index (χ2v) is 6.98. The van der Waals surface area contributed by atoms with Gasteiger partial charge in [0.25, 0.3) is 5.91 Å². The molecular formula is C23H23N5O3. The van der Waals surface area contributed by atoms with Gasteiger partial charge < -0.3 is 25.6 Å². The third kappa shape index (κ3) is 5.58. The van der Waals surface area contributed by atoms with Gasteiger partial charge in [-0.15, -0.1) is 0 Å². The van der Waals surface area contributed by atoms with E-state index in [2.05, 4.69) is 25.8 Å². The number of morpholine rings is 1. The van der Waals surface area contributed by atoms with Gasteiger partial charge in [0.15, 0.2) is 0 Å². The number of hydrogen-bond donors (Lipinski definition) is 3. The summed E-state index contributed by atoms with van der Waals surface area (Å²) in [4.78, 5) is 31.3. The predicted molar refractivity (Wildman–Crippen MR) is 121 cm³/mol. The van der Waals surface area contributed by atoms with Crippen molar-refractivity contribution in [1.29, 1.82) is 0 Å². The van der Waals surface area contributed by atoms with Gasteiger partial charge in [-0.1, -0.05) is 24.3 Å². The first-order valence-electron chi connectivity index (χ1n) is 10.0. The summed E-state index contributed by atoms with van der Waals surface area (Å²) in [5.74, 6) is 0.558. The van der Waals surface area contributed by atoms with Crippen LogP contribution in [0, 0.1) is 0 Å². The van der Waals surface area contributed by atoms with Crippen LogP contribution in [0.25, 0.3) is 0 Å². The van der Waals surface area contributed by atoms with Gasteiger partial charge in [-0.05, 0) is 42.5 Å². The molecule has 4 rings (SSSR count). The molecule has 2 heterocycles. The Balaban J connectivity index is 1.35. The number of hydrogen-bond acceptors (Lipinski definition) is 5. The van der Waals surface area contributed by atoms with E-state index in [1.165, 1.54) is 0 Å². The smallest absolute Gasteiger partial charge is 0.323 e. The van der Waals surface area contributed by atoms with Crippen LogP contribution in [0.1, 0.15) is 10.4 Å². The molecule has 0 radical (unpaired) electrons. The molecule has 1 aliphatic heterocycles. The Bertz CT molecular complexity index is 1030. The largest absolute Gasteiger partial charge is 0.378 e. The van der Waals surface area contributed by atoms with Crippen molar-refractivity contribution in [2.45, 2.75) is 0 Å². The van der Waals surface area contributed by atoms with Gasteiger partial charge >= 0.3 is 6.03 Å². The third-order valence-corrected chi connectivity index (χ3v) is 4.76. The highest BCUT2D eigenvalue weighted by atomic mass is 16.5. The van der Waals surface area contributed by atoms with Crippen molar-refractivity contribution < 1.29 is 14.3 Å². The third-order valence-electron chi connectivity index (χ3n) is 4.76. The lowest BCUT2D eigenvalue weighted by Crippen LogP contribution is -2.36. The number of benzene rings is 2. The van der Waals surface area contributed by atoms with E-state index in [9.17, 15) is 9.59 Å². The Morgan fingerprint density at radius 1 is 0.806 bits per heavy atom. The predicted octanol–water partition coefficient (Wildman–Crippen LogP) is 3.81. The summed E-state index contributed by atoms with van der Waals surface area (Å²) in [7, 11) is 0. The second kappa shape index (κ2) is 9.73. The molecule has 0 aliphatic carbocycles. The van der Waals surface area contributed by atoms with Crippen LogP contribution in [0.2, 0.25) is 0 Å². The van der Waals surface area contributed by atoms with Gasteiger partial charge in [0.2, 0.25) is 0 Å². The van der Waals surface area contributed by atoms with E-state index < -0.39 is 0 Å². The molecule has 0 bridgehead atoms. The van der Waals surface area contributed by atoms with E-state index in [1.807, 2.05) is 24.3 Å². The molecule has 0 atom stereocenters. The van der Waals surface area contributed by atoms with Crippen LogP contribution >= 0.6 is 0 Å². The number of nitrogens with zero attached hydrogens (tertiary/aromatic N) is 2. The van der Waals surface area contributed by atoms with Gasteiger partial charge in [0, 0.05) is 36.3 Å². The summed E-state index contributed by atoms with van der Waals surface area (Å²) in [6.45, 7) is 2.93. The number of para-hydroxylation sites is 1. The van der Waals surface area contributed by atoms with Crippen molar-refractivity contribution in [1.82, 2.24) is 4.98 Å².